The van der Waals surface area contributed by atoms with Crippen molar-refractivity contribution in [1.29, 1.82) is 0 Å². The highest BCUT2D eigenvalue weighted by atomic mass is 19.1. The number of nitrogens with zero attached hydrogens (tertiary/aromatic N) is 1. The Morgan fingerprint density at radius 3 is 2.65 bits per heavy atom. The predicted octanol–water partition coefficient (Wildman–Crippen LogP) is 3.08. The highest BCUT2D eigenvalue weighted by molar-refractivity contribution is 5.83. The van der Waals surface area contributed by atoms with Crippen LogP contribution in [0, 0.1) is 11.7 Å². The van der Waals surface area contributed by atoms with Gasteiger partial charge in [-0.05, 0) is 35.6 Å². The zero-order chi connectivity index (χ0) is 17.9. The maximum absolute atomic E-state index is 13.9. The van der Waals surface area contributed by atoms with Gasteiger partial charge in [0.15, 0.2) is 0 Å². The van der Waals surface area contributed by atoms with E-state index < -0.39 is 0 Å². The van der Waals surface area contributed by atoms with E-state index in [4.69, 9.17) is 4.74 Å². The molecule has 136 valence electrons. The van der Waals surface area contributed by atoms with Gasteiger partial charge in [-0.1, -0.05) is 36.4 Å². The average Bonchev–Trinajstić information content (AvgIpc) is 3.48. The zero-order valence-corrected chi connectivity index (χ0v) is 14.7. The summed E-state index contributed by atoms with van der Waals surface area (Å²) in [5.74, 6) is -0.325. The van der Waals surface area contributed by atoms with E-state index in [1.165, 1.54) is 6.07 Å². The average molecular weight is 354 g/mol. The van der Waals surface area contributed by atoms with Crippen molar-refractivity contribution in [3.8, 4) is 0 Å². The molecule has 0 spiro atoms. The second-order valence-electron chi connectivity index (χ2n) is 6.92. The molecule has 1 amide bonds. The van der Waals surface area contributed by atoms with Crippen molar-refractivity contribution in [1.82, 2.24) is 5.32 Å². The number of benzene rings is 2. The SMILES string of the molecule is O=C(NCc1ccccc1N1CCOCC1)[C@H]1C[C@H]1c1ccccc1F. The van der Waals surface area contributed by atoms with Crippen LogP contribution in [0.2, 0.25) is 0 Å². The number of nitrogens with one attached hydrogen (secondary N) is 1. The molecule has 2 aromatic rings. The molecule has 1 aliphatic carbocycles. The van der Waals surface area contributed by atoms with Crippen LogP contribution in [0.15, 0.2) is 48.5 Å². The van der Waals surface area contributed by atoms with Crippen LogP contribution in [0.3, 0.4) is 0 Å². The summed E-state index contributed by atoms with van der Waals surface area (Å²) in [6.07, 6.45) is 0.720. The number of morpholine rings is 1. The fourth-order valence-electron chi connectivity index (χ4n) is 3.69. The monoisotopic (exact) mass is 354 g/mol. The van der Waals surface area contributed by atoms with Crippen molar-refractivity contribution in [3.63, 3.8) is 0 Å². The largest absolute Gasteiger partial charge is 0.378 e. The van der Waals surface area contributed by atoms with Crippen LogP contribution in [-0.4, -0.2) is 32.2 Å². The summed E-state index contributed by atoms with van der Waals surface area (Å²) in [6.45, 7) is 3.68. The van der Waals surface area contributed by atoms with Gasteiger partial charge in [-0.3, -0.25) is 4.79 Å². The molecule has 26 heavy (non-hydrogen) atoms. The van der Waals surface area contributed by atoms with Gasteiger partial charge in [-0.25, -0.2) is 4.39 Å². The normalized spacial score (nSPS) is 22.1. The molecular weight excluding hydrogens is 331 g/mol. The molecule has 2 aromatic carbocycles. The summed E-state index contributed by atoms with van der Waals surface area (Å²) < 4.78 is 19.3. The fourth-order valence-corrected chi connectivity index (χ4v) is 3.69. The number of anilines is 1. The minimum Gasteiger partial charge on any atom is -0.378 e. The zero-order valence-electron chi connectivity index (χ0n) is 14.7. The summed E-state index contributed by atoms with van der Waals surface area (Å²) >= 11 is 0. The Kier molecular flexibility index (Phi) is 4.89. The van der Waals surface area contributed by atoms with Crippen molar-refractivity contribution in [2.24, 2.45) is 5.92 Å². The third kappa shape index (κ3) is 3.58. The number of ether oxygens (including phenoxy) is 1. The maximum atomic E-state index is 13.9. The summed E-state index contributed by atoms with van der Waals surface area (Å²) in [5.41, 5.74) is 2.91. The van der Waals surface area contributed by atoms with Crippen molar-refractivity contribution in [3.05, 3.63) is 65.5 Å². The molecule has 0 aromatic heterocycles. The van der Waals surface area contributed by atoms with Crippen LogP contribution in [-0.2, 0) is 16.1 Å². The Balaban J connectivity index is 1.38. The molecular formula is C21H23FN2O2. The van der Waals surface area contributed by atoms with E-state index in [2.05, 4.69) is 16.3 Å². The Labute approximate surface area is 153 Å². The van der Waals surface area contributed by atoms with E-state index in [0.29, 0.717) is 12.1 Å². The Hall–Kier alpha value is -2.40. The van der Waals surface area contributed by atoms with Gasteiger partial charge in [0.2, 0.25) is 5.91 Å². The molecule has 2 fully saturated rings. The van der Waals surface area contributed by atoms with Gasteiger partial charge >= 0.3 is 0 Å². The standard InChI is InChI=1S/C21H23FN2O2/c22-19-7-3-2-6-16(19)17-13-18(17)21(25)23-14-15-5-1-4-8-20(15)24-9-11-26-12-10-24/h1-8,17-18H,9-14H2,(H,23,25)/t17-,18-/m0/s1. The number of para-hydroxylation sites is 1. The highest BCUT2D eigenvalue weighted by Gasteiger charge is 2.44. The van der Waals surface area contributed by atoms with E-state index >= 15 is 0 Å². The molecule has 1 aliphatic heterocycles. The van der Waals surface area contributed by atoms with Crippen molar-refractivity contribution < 1.29 is 13.9 Å². The topological polar surface area (TPSA) is 41.6 Å². The fraction of sp³-hybridized carbons (Fsp3) is 0.381. The van der Waals surface area contributed by atoms with Crippen LogP contribution >= 0.6 is 0 Å². The van der Waals surface area contributed by atoms with Crippen LogP contribution in [0.5, 0.6) is 0 Å². The third-order valence-electron chi connectivity index (χ3n) is 5.23. The number of halogens is 1. The molecule has 1 saturated heterocycles. The van der Waals surface area contributed by atoms with Crippen LogP contribution in [0.1, 0.15) is 23.5 Å². The molecule has 1 saturated carbocycles. The smallest absolute Gasteiger partial charge is 0.224 e. The number of carbonyl (C=O) groups excluding carboxylic acids is 1. The van der Waals surface area contributed by atoms with Gasteiger partial charge in [-0.2, -0.15) is 0 Å². The molecule has 2 aliphatic rings. The lowest BCUT2D eigenvalue weighted by Crippen LogP contribution is -2.37. The summed E-state index contributed by atoms with van der Waals surface area (Å²) in [6, 6.07) is 14.9. The lowest BCUT2D eigenvalue weighted by molar-refractivity contribution is -0.122. The second kappa shape index (κ2) is 7.46. The van der Waals surface area contributed by atoms with E-state index in [0.717, 1.165) is 44.0 Å². The summed E-state index contributed by atoms with van der Waals surface area (Å²) in [5, 5.41) is 3.04. The second-order valence-corrected chi connectivity index (χ2v) is 6.92. The molecule has 4 nitrogen and oxygen atoms in total. The van der Waals surface area contributed by atoms with Crippen molar-refractivity contribution in [2.45, 2.75) is 18.9 Å². The quantitative estimate of drug-likeness (QED) is 0.897. The maximum Gasteiger partial charge on any atom is 0.224 e. The number of hydrogen-bond acceptors (Lipinski definition) is 3. The number of carbonyl (C=O) groups is 1. The van der Waals surface area contributed by atoms with Gasteiger partial charge in [0.25, 0.3) is 0 Å². The first-order valence-corrected chi connectivity index (χ1v) is 9.17. The summed E-state index contributed by atoms with van der Waals surface area (Å²) in [7, 11) is 0. The molecule has 4 rings (SSSR count). The molecule has 1 heterocycles. The number of hydrogen-bond donors (Lipinski definition) is 1. The van der Waals surface area contributed by atoms with E-state index in [1.54, 1.807) is 12.1 Å². The van der Waals surface area contributed by atoms with Gasteiger partial charge in [-0.15, -0.1) is 0 Å². The van der Waals surface area contributed by atoms with Crippen molar-refractivity contribution in [2.75, 3.05) is 31.2 Å². The lowest BCUT2D eigenvalue weighted by atomic mass is 10.1. The third-order valence-corrected chi connectivity index (χ3v) is 5.23. The van der Waals surface area contributed by atoms with E-state index in [1.807, 2.05) is 24.3 Å². The van der Waals surface area contributed by atoms with Crippen LogP contribution in [0.25, 0.3) is 0 Å². The molecule has 0 unspecified atom stereocenters. The minimum absolute atomic E-state index is 0.00527. The van der Waals surface area contributed by atoms with Gasteiger partial charge < -0.3 is 15.0 Å². The van der Waals surface area contributed by atoms with Crippen LogP contribution in [0.4, 0.5) is 10.1 Å². The number of rotatable bonds is 5. The Morgan fingerprint density at radius 1 is 1.12 bits per heavy atom. The molecule has 0 bridgehead atoms. The van der Waals surface area contributed by atoms with Gasteiger partial charge in [0.1, 0.15) is 5.82 Å². The Morgan fingerprint density at radius 2 is 1.85 bits per heavy atom. The van der Waals surface area contributed by atoms with Crippen LogP contribution < -0.4 is 10.2 Å². The molecule has 1 N–H and O–H groups in total. The number of amides is 1. The highest BCUT2D eigenvalue weighted by Crippen LogP contribution is 2.48. The molecule has 0 radical (unpaired) electrons. The predicted molar refractivity (Wildman–Crippen MR) is 98.6 cm³/mol. The molecule has 2 atom stereocenters. The Bertz CT molecular complexity index is 789. The van der Waals surface area contributed by atoms with Gasteiger partial charge in [0, 0.05) is 31.2 Å². The first-order chi connectivity index (χ1) is 12.7. The van der Waals surface area contributed by atoms with E-state index in [-0.39, 0.29) is 23.6 Å². The van der Waals surface area contributed by atoms with Crippen molar-refractivity contribution >= 4 is 11.6 Å². The summed E-state index contributed by atoms with van der Waals surface area (Å²) in [4.78, 5) is 14.8. The minimum atomic E-state index is -0.217. The molecule has 5 heteroatoms. The first-order valence-electron chi connectivity index (χ1n) is 9.17. The van der Waals surface area contributed by atoms with E-state index in [9.17, 15) is 9.18 Å². The lowest BCUT2D eigenvalue weighted by Gasteiger charge is -2.30. The van der Waals surface area contributed by atoms with Gasteiger partial charge in [0.05, 0.1) is 13.2 Å². The first kappa shape index (κ1) is 17.0.